The number of halogens is 1. The highest BCUT2D eigenvalue weighted by atomic mass is 127. The minimum atomic E-state index is -0.756. The smallest absolute Gasteiger partial charge is 0.315 e. The highest BCUT2D eigenvalue weighted by Gasteiger charge is 2.42. The first-order valence-corrected chi connectivity index (χ1v) is 9.09. The quantitative estimate of drug-likeness (QED) is 0.368. The van der Waals surface area contributed by atoms with Crippen molar-refractivity contribution in [2.24, 2.45) is 0 Å². The van der Waals surface area contributed by atoms with Gasteiger partial charge in [0.05, 0.1) is 25.7 Å². The Balaban J connectivity index is 2.23. The fraction of sp³-hybridized carbons (Fsp3) is 0.526. The summed E-state index contributed by atoms with van der Waals surface area (Å²) in [5.41, 5.74) is 0.181. The zero-order valence-electron chi connectivity index (χ0n) is 14.1. The van der Waals surface area contributed by atoms with Crippen LogP contribution in [-0.4, -0.2) is 32.1 Å². The zero-order valence-corrected chi connectivity index (χ0v) is 16.3. The summed E-state index contributed by atoms with van der Waals surface area (Å²) >= 11 is 2.24. The van der Waals surface area contributed by atoms with Crippen LogP contribution in [0.1, 0.15) is 38.2 Å². The maximum atomic E-state index is 12.5. The molecule has 0 aliphatic carbocycles. The molecule has 1 heterocycles. The standard InChI is InChI=1S/C19H23IO4/c1-4-5-9-19(23-12-13-24-19)11-10-18(2,17(21)22-3)15-7-6-8-16(20)14-15/h1,6-8,14H,5,9-13H2,2-3H3. The van der Waals surface area contributed by atoms with Gasteiger partial charge in [-0.15, -0.1) is 12.3 Å². The summed E-state index contributed by atoms with van der Waals surface area (Å²) in [7, 11) is 1.42. The van der Waals surface area contributed by atoms with Crippen molar-refractivity contribution >= 4 is 28.6 Å². The van der Waals surface area contributed by atoms with Crippen molar-refractivity contribution in [3.05, 3.63) is 33.4 Å². The number of carbonyl (C=O) groups is 1. The van der Waals surface area contributed by atoms with Gasteiger partial charge >= 0.3 is 5.97 Å². The summed E-state index contributed by atoms with van der Waals surface area (Å²) in [6.45, 7) is 3.03. The van der Waals surface area contributed by atoms with Crippen LogP contribution in [0.2, 0.25) is 0 Å². The topological polar surface area (TPSA) is 44.8 Å². The highest BCUT2D eigenvalue weighted by molar-refractivity contribution is 14.1. The Bertz CT molecular complexity index is 616. The SMILES string of the molecule is C#CCCC1(CCC(C)(C(=O)OC)c2cccc(I)c2)OCCO1. The third kappa shape index (κ3) is 4.29. The number of ether oxygens (including phenoxy) is 3. The number of carbonyl (C=O) groups excluding carboxylic acids is 1. The molecule has 0 radical (unpaired) electrons. The zero-order chi connectivity index (χ0) is 17.6. The lowest BCUT2D eigenvalue weighted by Gasteiger charge is -2.33. The second kappa shape index (κ2) is 8.32. The third-order valence-corrected chi connectivity index (χ3v) is 5.24. The van der Waals surface area contributed by atoms with Crippen LogP contribution in [0.4, 0.5) is 0 Å². The van der Waals surface area contributed by atoms with E-state index in [2.05, 4.69) is 28.5 Å². The van der Waals surface area contributed by atoms with Gasteiger partial charge in [0, 0.05) is 22.8 Å². The first-order chi connectivity index (χ1) is 11.5. The van der Waals surface area contributed by atoms with Crippen molar-refractivity contribution < 1.29 is 19.0 Å². The predicted molar refractivity (Wildman–Crippen MR) is 100 cm³/mol. The molecule has 2 rings (SSSR count). The van der Waals surface area contributed by atoms with Crippen molar-refractivity contribution in [3.63, 3.8) is 0 Å². The fourth-order valence-corrected chi connectivity index (χ4v) is 3.58. The first kappa shape index (κ1) is 19.2. The molecule has 4 nitrogen and oxygen atoms in total. The number of hydrogen-bond donors (Lipinski definition) is 0. The molecular weight excluding hydrogens is 419 g/mol. The maximum Gasteiger partial charge on any atom is 0.315 e. The van der Waals surface area contributed by atoms with Gasteiger partial charge in [-0.1, -0.05) is 12.1 Å². The minimum absolute atomic E-state index is 0.255. The molecule has 0 bridgehead atoms. The van der Waals surface area contributed by atoms with E-state index in [1.165, 1.54) is 7.11 Å². The molecule has 0 amide bonds. The number of esters is 1. The van der Waals surface area contributed by atoms with Crippen molar-refractivity contribution in [1.82, 2.24) is 0 Å². The van der Waals surface area contributed by atoms with Crippen LogP contribution in [0.3, 0.4) is 0 Å². The first-order valence-electron chi connectivity index (χ1n) is 8.02. The number of rotatable bonds is 7. The summed E-state index contributed by atoms with van der Waals surface area (Å²) in [6.07, 6.45) is 7.75. The van der Waals surface area contributed by atoms with Gasteiger partial charge in [0.1, 0.15) is 0 Å². The minimum Gasteiger partial charge on any atom is -0.468 e. The molecule has 1 saturated heterocycles. The number of terminal acetylenes is 1. The molecule has 1 fully saturated rings. The third-order valence-electron chi connectivity index (χ3n) is 4.57. The van der Waals surface area contributed by atoms with Crippen LogP contribution in [0.5, 0.6) is 0 Å². The Morgan fingerprint density at radius 2 is 2.12 bits per heavy atom. The molecule has 0 saturated carbocycles. The number of methoxy groups -OCH3 is 1. The monoisotopic (exact) mass is 442 g/mol. The number of benzene rings is 1. The van der Waals surface area contributed by atoms with Gasteiger partial charge in [0.25, 0.3) is 0 Å². The molecule has 5 heteroatoms. The van der Waals surface area contributed by atoms with Crippen LogP contribution >= 0.6 is 22.6 Å². The summed E-state index contributed by atoms with van der Waals surface area (Å²) in [4.78, 5) is 12.5. The van der Waals surface area contributed by atoms with Crippen molar-refractivity contribution in [1.29, 1.82) is 0 Å². The van der Waals surface area contributed by atoms with E-state index >= 15 is 0 Å². The molecule has 0 aromatic heterocycles. The van der Waals surface area contributed by atoms with Gasteiger partial charge in [0.15, 0.2) is 5.79 Å². The molecule has 1 aliphatic heterocycles. The summed E-state index contributed by atoms with van der Waals surface area (Å²) in [5, 5.41) is 0. The number of hydrogen-bond acceptors (Lipinski definition) is 4. The average molecular weight is 442 g/mol. The lowest BCUT2D eigenvalue weighted by molar-refractivity contribution is -0.171. The van der Waals surface area contributed by atoms with Crippen LogP contribution in [0.25, 0.3) is 0 Å². The fourth-order valence-electron chi connectivity index (χ4n) is 3.03. The van der Waals surface area contributed by atoms with Crippen LogP contribution in [0.15, 0.2) is 24.3 Å². The summed E-state index contributed by atoms with van der Waals surface area (Å²) in [5.74, 6) is 1.69. The van der Waals surface area contributed by atoms with E-state index in [0.717, 1.165) is 9.13 Å². The lowest BCUT2D eigenvalue weighted by Crippen LogP contribution is -2.38. The maximum absolute atomic E-state index is 12.5. The van der Waals surface area contributed by atoms with Crippen LogP contribution < -0.4 is 0 Å². The second-order valence-corrected chi connectivity index (χ2v) is 7.39. The highest BCUT2D eigenvalue weighted by Crippen LogP contribution is 2.38. The van der Waals surface area contributed by atoms with Gasteiger partial charge in [-0.2, -0.15) is 0 Å². The van der Waals surface area contributed by atoms with E-state index in [1.54, 1.807) is 0 Å². The molecule has 130 valence electrons. The average Bonchev–Trinajstić information content (AvgIpc) is 3.06. The lowest BCUT2D eigenvalue weighted by atomic mass is 9.77. The van der Waals surface area contributed by atoms with E-state index in [0.29, 0.717) is 38.9 Å². The van der Waals surface area contributed by atoms with Crippen molar-refractivity contribution in [3.8, 4) is 12.3 Å². The molecule has 1 aliphatic rings. The molecule has 1 aromatic carbocycles. The normalized spacial score (nSPS) is 18.6. The van der Waals surface area contributed by atoms with E-state index in [9.17, 15) is 4.79 Å². The van der Waals surface area contributed by atoms with E-state index < -0.39 is 11.2 Å². The van der Waals surface area contributed by atoms with Gasteiger partial charge in [-0.3, -0.25) is 4.79 Å². The van der Waals surface area contributed by atoms with Crippen molar-refractivity contribution in [2.45, 2.75) is 43.8 Å². The largest absolute Gasteiger partial charge is 0.468 e. The molecular formula is C19H23IO4. The Morgan fingerprint density at radius 1 is 1.42 bits per heavy atom. The van der Waals surface area contributed by atoms with Crippen LogP contribution in [-0.2, 0) is 24.4 Å². The summed E-state index contributed by atoms with van der Waals surface area (Å²) < 4.78 is 17.8. The molecule has 0 spiro atoms. The van der Waals surface area contributed by atoms with Gasteiger partial charge in [-0.25, -0.2) is 0 Å². The van der Waals surface area contributed by atoms with E-state index in [1.807, 2.05) is 31.2 Å². The predicted octanol–water partition coefficient (Wildman–Crippen LogP) is 3.66. The molecule has 0 N–H and O–H groups in total. The Hall–Kier alpha value is -1.10. The molecule has 24 heavy (non-hydrogen) atoms. The Labute approximate surface area is 157 Å². The Kier molecular flexibility index (Phi) is 6.67. The van der Waals surface area contributed by atoms with Crippen molar-refractivity contribution in [2.75, 3.05) is 20.3 Å². The Morgan fingerprint density at radius 3 is 2.71 bits per heavy atom. The van der Waals surface area contributed by atoms with Gasteiger partial charge < -0.3 is 14.2 Å². The molecule has 1 atom stereocenters. The summed E-state index contributed by atoms with van der Waals surface area (Å²) in [6, 6.07) is 7.93. The molecule has 1 aromatic rings. The van der Waals surface area contributed by atoms with Gasteiger partial charge in [-0.05, 0) is 53.6 Å². The molecule has 1 unspecified atom stereocenters. The second-order valence-electron chi connectivity index (χ2n) is 6.15. The van der Waals surface area contributed by atoms with E-state index in [4.69, 9.17) is 20.6 Å². The van der Waals surface area contributed by atoms with E-state index in [-0.39, 0.29) is 5.97 Å². The van der Waals surface area contributed by atoms with Crippen LogP contribution in [0, 0.1) is 15.9 Å². The van der Waals surface area contributed by atoms with Gasteiger partial charge in [0.2, 0.25) is 0 Å².